The molecule has 2 N–H and O–H groups in total. The van der Waals surface area contributed by atoms with Crippen molar-refractivity contribution in [3.05, 3.63) is 125 Å². The van der Waals surface area contributed by atoms with Crippen molar-refractivity contribution >= 4 is 17.5 Å². The topological polar surface area (TPSA) is 85.2 Å². The molecule has 0 aromatic heterocycles. The standard InChI is InChI=1S/C32H26F2N4O2/c33-27-12-8-24(9-13-27)23-4-6-25(7-5-23)30(39)38-18-16-32(17-19-38,26-10-14-28(34)15-11-26)31(40)37-36-29-3-1-2-22(20-29)21-35/h1-15,20,36H,16-19H2,(H,37,40). The average Bonchev–Trinajstić information content (AvgIpc) is 3.00. The van der Waals surface area contributed by atoms with Crippen molar-refractivity contribution in [2.45, 2.75) is 18.3 Å². The Morgan fingerprint density at radius 2 is 1.38 bits per heavy atom. The highest BCUT2D eigenvalue weighted by Crippen LogP contribution is 2.37. The molecule has 0 unspecified atom stereocenters. The Hall–Kier alpha value is -5.03. The highest BCUT2D eigenvalue weighted by atomic mass is 19.1. The number of hydrogen-bond acceptors (Lipinski definition) is 4. The van der Waals surface area contributed by atoms with E-state index in [2.05, 4.69) is 16.9 Å². The summed E-state index contributed by atoms with van der Waals surface area (Å²) in [4.78, 5) is 28.6. The number of nitriles is 1. The number of carbonyl (C=O) groups excluding carboxylic acids is 2. The second-order valence-electron chi connectivity index (χ2n) is 9.74. The van der Waals surface area contributed by atoms with Crippen molar-refractivity contribution in [1.29, 1.82) is 5.26 Å². The van der Waals surface area contributed by atoms with E-state index in [1.165, 1.54) is 24.3 Å². The maximum atomic E-state index is 13.7. The number of carbonyl (C=O) groups is 2. The first-order valence-electron chi connectivity index (χ1n) is 12.9. The third-order valence-corrected chi connectivity index (χ3v) is 7.36. The number of benzene rings is 4. The van der Waals surface area contributed by atoms with E-state index in [0.717, 1.165) is 11.1 Å². The van der Waals surface area contributed by atoms with Crippen molar-refractivity contribution in [2.24, 2.45) is 0 Å². The van der Waals surface area contributed by atoms with Gasteiger partial charge in [0.05, 0.1) is 22.7 Å². The molecule has 0 atom stereocenters. The second kappa shape index (κ2) is 11.4. The van der Waals surface area contributed by atoms with Gasteiger partial charge in [0.2, 0.25) is 5.91 Å². The molecule has 1 aliphatic heterocycles. The average molecular weight is 537 g/mol. The summed E-state index contributed by atoms with van der Waals surface area (Å²) in [5.41, 5.74) is 8.55. The number of piperidine rings is 1. The monoisotopic (exact) mass is 536 g/mol. The second-order valence-corrected chi connectivity index (χ2v) is 9.74. The van der Waals surface area contributed by atoms with Gasteiger partial charge in [-0.1, -0.05) is 42.5 Å². The fourth-order valence-electron chi connectivity index (χ4n) is 5.05. The first kappa shape index (κ1) is 26.6. The predicted molar refractivity (Wildman–Crippen MR) is 148 cm³/mol. The Kier molecular flexibility index (Phi) is 7.56. The summed E-state index contributed by atoms with van der Waals surface area (Å²) in [5.74, 6) is -1.17. The number of rotatable bonds is 6. The van der Waals surface area contributed by atoms with Crippen LogP contribution in [0.3, 0.4) is 0 Å². The molecule has 1 heterocycles. The van der Waals surface area contributed by atoms with Gasteiger partial charge in [-0.25, -0.2) is 8.78 Å². The lowest BCUT2D eigenvalue weighted by Gasteiger charge is -2.41. The SMILES string of the molecule is N#Cc1cccc(NNC(=O)C2(c3ccc(F)cc3)CCN(C(=O)c3ccc(-c4ccc(F)cc4)cc3)CC2)c1. The van der Waals surface area contributed by atoms with Crippen molar-refractivity contribution in [2.75, 3.05) is 18.5 Å². The van der Waals surface area contributed by atoms with E-state index in [-0.39, 0.29) is 17.6 Å². The van der Waals surface area contributed by atoms with Gasteiger partial charge in [-0.3, -0.25) is 20.4 Å². The molecule has 1 fully saturated rings. The van der Waals surface area contributed by atoms with Gasteiger partial charge in [0.25, 0.3) is 5.91 Å². The molecule has 0 aliphatic carbocycles. The van der Waals surface area contributed by atoms with Crippen LogP contribution in [0.1, 0.15) is 34.3 Å². The van der Waals surface area contributed by atoms with Crippen LogP contribution in [0.25, 0.3) is 11.1 Å². The smallest absolute Gasteiger partial charge is 0.253 e. The highest BCUT2D eigenvalue weighted by Gasteiger charge is 2.44. The molecule has 0 radical (unpaired) electrons. The molecule has 1 saturated heterocycles. The number of anilines is 1. The lowest BCUT2D eigenvalue weighted by Crippen LogP contribution is -2.53. The Balaban J connectivity index is 1.31. The van der Waals surface area contributed by atoms with Gasteiger partial charge in [0.15, 0.2) is 0 Å². The molecule has 5 rings (SSSR count). The summed E-state index contributed by atoms with van der Waals surface area (Å²) in [6.07, 6.45) is 0.674. The molecule has 0 bridgehead atoms. The third-order valence-electron chi connectivity index (χ3n) is 7.36. The number of likely N-dealkylation sites (tertiary alicyclic amines) is 1. The third kappa shape index (κ3) is 5.54. The fourth-order valence-corrected chi connectivity index (χ4v) is 5.05. The molecule has 200 valence electrons. The van der Waals surface area contributed by atoms with E-state index in [1.807, 2.05) is 12.1 Å². The van der Waals surface area contributed by atoms with Gasteiger partial charge < -0.3 is 4.90 Å². The van der Waals surface area contributed by atoms with Gasteiger partial charge in [-0.05, 0) is 84.1 Å². The van der Waals surface area contributed by atoms with E-state index in [4.69, 9.17) is 5.26 Å². The van der Waals surface area contributed by atoms with E-state index >= 15 is 0 Å². The molecule has 4 aromatic rings. The van der Waals surface area contributed by atoms with Crippen LogP contribution in [-0.4, -0.2) is 29.8 Å². The zero-order valence-electron chi connectivity index (χ0n) is 21.5. The van der Waals surface area contributed by atoms with Crippen LogP contribution in [-0.2, 0) is 10.2 Å². The number of halogens is 2. The molecule has 8 heteroatoms. The van der Waals surface area contributed by atoms with Crippen LogP contribution >= 0.6 is 0 Å². The van der Waals surface area contributed by atoms with E-state index in [9.17, 15) is 18.4 Å². The molecular weight excluding hydrogens is 510 g/mol. The summed E-state index contributed by atoms with van der Waals surface area (Å²) >= 11 is 0. The number of nitrogens with zero attached hydrogens (tertiary/aromatic N) is 2. The number of hydrogen-bond donors (Lipinski definition) is 2. The van der Waals surface area contributed by atoms with Crippen molar-refractivity contribution in [1.82, 2.24) is 10.3 Å². The van der Waals surface area contributed by atoms with Crippen molar-refractivity contribution < 1.29 is 18.4 Å². The van der Waals surface area contributed by atoms with Gasteiger partial charge in [0, 0.05) is 18.7 Å². The van der Waals surface area contributed by atoms with Crippen LogP contribution in [0.5, 0.6) is 0 Å². The van der Waals surface area contributed by atoms with E-state index in [1.54, 1.807) is 65.6 Å². The summed E-state index contributed by atoms with van der Waals surface area (Å²) in [6.45, 7) is 0.653. The van der Waals surface area contributed by atoms with Crippen LogP contribution in [0.4, 0.5) is 14.5 Å². The van der Waals surface area contributed by atoms with Gasteiger partial charge in [0.1, 0.15) is 11.6 Å². The van der Waals surface area contributed by atoms with Gasteiger partial charge in [-0.15, -0.1) is 0 Å². The summed E-state index contributed by atoms with van der Waals surface area (Å²) in [6, 6.07) is 28.0. The first-order chi connectivity index (χ1) is 19.4. The Morgan fingerprint density at radius 3 is 1.98 bits per heavy atom. The number of hydrazine groups is 1. The lowest BCUT2D eigenvalue weighted by molar-refractivity contribution is -0.128. The molecule has 1 aliphatic rings. The van der Waals surface area contributed by atoms with Gasteiger partial charge >= 0.3 is 0 Å². The zero-order valence-corrected chi connectivity index (χ0v) is 21.5. The molecule has 4 aromatic carbocycles. The minimum atomic E-state index is -0.989. The van der Waals surface area contributed by atoms with Crippen LogP contribution in [0, 0.1) is 23.0 Å². The minimum absolute atomic E-state index is 0.148. The van der Waals surface area contributed by atoms with E-state index < -0.39 is 11.2 Å². The summed E-state index contributed by atoms with van der Waals surface area (Å²) in [7, 11) is 0. The fraction of sp³-hybridized carbons (Fsp3) is 0.156. The maximum Gasteiger partial charge on any atom is 0.253 e. The normalized spacial score (nSPS) is 14.2. The van der Waals surface area contributed by atoms with E-state index in [0.29, 0.717) is 48.3 Å². The van der Waals surface area contributed by atoms with Crippen LogP contribution in [0.2, 0.25) is 0 Å². The lowest BCUT2D eigenvalue weighted by atomic mass is 9.72. The first-order valence-corrected chi connectivity index (χ1v) is 12.9. The quantitative estimate of drug-likeness (QED) is 0.304. The highest BCUT2D eigenvalue weighted by molar-refractivity contribution is 5.95. The summed E-state index contributed by atoms with van der Waals surface area (Å²) < 4.78 is 27.0. The van der Waals surface area contributed by atoms with Crippen molar-refractivity contribution in [3.63, 3.8) is 0 Å². The Labute approximate surface area is 230 Å². The van der Waals surface area contributed by atoms with Gasteiger partial charge in [-0.2, -0.15) is 5.26 Å². The summed E-state index contributed by atoms with van der Waals surface area (Å²) in [5, 5.41) is 9.14. The number of nitrogens with one attached hydrogen (secondary N) is 2. The van der Waals surface area contributed by atoms with Crippen LogP contribution in [0.15, 0.2) is 97.1 Å². The number of amides is 2. The molecule has 40 heavy (non-hydrogen) atoms. The molecular formula is C32H26F2N4O2. The molecule has 0 spiro atoms. The minimum Gasteiger partial charge on any atom is -0.339 e. The Morgan fingerprint density at radius 1 is 0.800 bits per heavy atom. The van der Waals surface area contributed by atoms with Crippen molar-refractivity contribution in [3.8, 4) is 17.2 Å². The predicted octanol–water partition coefficient (Wildman–Crippen LogP) is 5.82. The molecule has 2 amide bonds. The largest absolute Gasteiger partial charge is 0.339 e. The zero-order chi connectivity index (χ0) is 28.1. The van der Waals surface area contributed by atoms with Crippen LogP contribution < -0.4 is 10.9 Å². The molecule has 0 saturated carbocycles. The molecule has 6 nitrogen and oxygen atoms in total. The Bertz CT molecular complexity index is 1550. The maximum absolute atomic E-state index is 13.7.